The molecule has 0 saturated heterocycles. The Morgan fingerprint density at radius 2 is 2.26 bits per heavy atom. The summed E-state index contributed by atoms with van der Waals surface area (Å²) in [5.74, 6) is -0.161. The van der Waals surface area contributed by atoms with Crippen LogP contribution in [0.15, 0.2) is 30.6 Å². The van der Waals surface area contributed by atoms with E-state index in [0.29, 0.717) is 11.3 Å². The van der Waals surface area contributed by atoms with Crippen molar-refractivity contribution in [1.82, 2.24) is 9.78 Å². The molecule has 19 heavy (non-hydrogen) atoms. The fraction of sp³-hybridized carbons (Fsp3) is 0.357. The number of benzene rings is 1. The summed E-state index contributed by atoms with van der Waals surface area (Å²) in [6.45, 7) is 2.80. The number of methoxy groups -OCH3 is 1. The molecule has 1 unspecified atom stereocenters. The number of rotatable bonds is 5. The molecule has 0 aliphatic rings. The van der Waals surface area contributed by atoms with Gasteiger partial charge in [0.15, 0.2) is 0 Å². The monoisotopic (exact) mass is 264 g/mol. The number of aromatic nitrogens is 2. The summed E-state index contributed by atoms with van der Waals surface area (Å²) in [5.41, 5.74) is 0.692. The highest BCUT2D eigenvalue weighted by Gasteiger charge is 2.21. The van der Waals surface area contributed by atoms with E-state index in [-0.39, 0.29) is 5.56 Å². The summed E-state index contributed by atoms with van der Waals surface area (Å²) >= 11 is 0. The third kappa shape index (κ3) is 2.76. The predicted molar refractivity (Wildman–Crippen MR) is 69.5 cm³/mol. The smallest absolute Gasteiger partial charge is 0.133 e. The first-order valence-corrected chi connectivity index (χ1v) is 6.20. The van der Waals surface area contributed by atoms with Gasteiger partial charge in [0.05, 0.1) is 18.9 Å². The van der Waals surface area contributed by atoms with Crippen molar-refractivity contribution in [2.45, 2.75) is 26.0 Å². The maximum atomic E-state index is 13.9. The van der Waals surface area contributed by atoms with Gasteiger partial charge in [0.2, 0.25) is 0 Å². The molecular weight excluding hydrogens is 247 g/mol. The Morgan fingerprint density at radius 3 is 2.95 bits per heavy atom. The summed E-state index contributed by atoms with van der Waals surface area (Å²) in [4.78, 5) is 0. The Bertz CT molecular complexity index is 554. The lowest BCUT2D eigenvalue weighted by Crippen LogP contribution is -2.05. The molecule has 0 bridgehead atoms. The van der Waals surface area contributed by atoms with Gasteiger partial charge in [-0.1, -0.05) is 13.0 Å². The van der Waals surface area contributed by atoms with E-state index in [0.717, 1.165) is 13.0 Å². The Labute approximate surface area is 111 Å². The number of aliphatic hydroxyl groups excluding tert-OH is 1. The minimum absolute atomic E-state index is 0.140. The first-order chi connectivity index (χ1) is 9.17. The van der Waals surface area contributed by atoms with Crippen LogP contribution in [0.5, 0.6) is 5.75 Å². The summed E-state index contributed by atoms with van der Waals surface area (Å²) in [5, 5.41) is 14.4. The van der Waals surface area contributed by atoms with E-state index >= 15 is 0 Å². The van der Waals surface area contributed by atoms with Gasteiger partial charge < -0.3 is 9.84 Å². The van der Waals surface area contributed by atoms with E-state index in [1.165, 1.54) is 13.2 Å². The third-order valence-electron chi connectivity index (χ3n) is 2.93. The number of halogens is 1. The maximum absolute atomic E-state index is 13.9. The van der Waals surface area contributed by atoms with Crippen molar-refractivity contribution in [3.05, 3.63) is 47.5 Å². The second-order valence-electron chi connectivity index (χ2n) is 4.30. The fourth-order valence-electron chi connectivity index (χ4n) is 2.00. The average Bonchev–Trinajstić information content (AvgIpc) is 2.86. The number of hydrogen-bond acceptors (Lipinski definition) is 3. The summed E-state index contributed by atoms with van der Waals surface area (Å²) < 4.78 is 20.7. The molecular formula is C14H17FN2O2. The van der Waals surface area contributed by atoms with Gasteiger partial charge in [-0.25, -0.2) is 4.39 Å². The molecule has 1 atom stereocenters. The molecule has 0 saturated carbocycles. The van der Waals surface area contributed by atoms with E-state index in [9.17, 15) is 9.50 Å². The van der Waals surface area contributed by atoms with Gasteiger partial charge in [-0.3, -0.25) is 4.68 Å². The summed E-state index contributed by atoms with van der Waals surface area (Å²) in [6, 6.07) is 4.47. The van der Waals surface area contributed by atoms with E-state index in [1.54, 1.807) is 29.2 Å². The molecule has 2 aromatic rings. The van der Waals surface area contributed by atoms with Gasteiger partial charge in [0.1, 0.15) is 17.7 Å². The molecule has 0 spiro atoms. The van der Waals surface area contributed by atoms with E-state index in [4.69, 9.17) is 4.74 Å². The summed E-state index contributed by atoms with van der Waals surface area (Å²) in [7, 11) is 1.45. The van der Waals surface area contributed by atoms with Crippen molar-refractivity contribution in [1.29, 1.82) is 0 Å². The lowest BCUT2D eigenvalue weighted by atomic mass is 10.0. The zero-order valence-corrected chi connectivity index (χ0v) is 11.0. The van der Waals surface area contributed by atoms with Gasteiger partial charge in [0, 0.05) is 18.3 Å². The van der Waals surface area contributed by atoms with Gasteiger partial charge >= 0.3 is 0 Å². The lowest BCUT2D eigenvalue weighted by molar-refractivity contribution is 0.209. The second-order valence-corrected chi connectivity index (χ2v) is 4.30. The van der Waals surface area contributed by atoms with Crippen LogP contribution in [0.4, 0.5) is 4.39 Å². The molecule has 1 aromatic heterocycles. The molecule has 0 aliphatic heterocycles. The van der Waals surface area contributed by atoms with Crippen LogP contribution in [-0.2, 0) is 6.54 Å². The largest absolute Gasteiger partial charge is 0.496 e. The minimum Gasteiger partial charge on any atom is -0.496 e. The van der Waals surface area contributed by atoms with Gasteiger partial charge in [-0.05, 0) is 18.6 Å². The van der Waals surface area contributed by atoms with Crippen LogP contribution in [0.1, 0.15) is 30.6 Å². The van der Waals surface area contributed by atoms with Crippen LogP contribution < -0.4 is 4.74 Å². The molecule has 0 fully saturated rings. The molecule has 0 amide bonds. The second kappa shape index (κ2) is 5.84. The van der Waals surface area contributed by atoms with E-state index in [2.05, 4.69) is 5.10 Å². The highest BCUT2D eigenvalue weighted by Crippen LogP contribution is 2.31. The molecule has 5 heteroatoms. The first kappa shape index (κ1) is 13.5. The number of hydrogen-bond donors (Lipinski definition) is 1. The number of aliphatic hydroxyl groups is 1. The van der Waals surface area contributed by atoms with Crippen LogP contribution in [0, 0.1) is 5.82 Å². The molecule has 1 aromatic carbocycles. The van der Waals surface area contributed by atoms with Crippen LogP contribution in [0.3, 0.4) is 0 Å². The third-order valence-corrected chi connectivity index (χ3v) is 2.93. The molecule has 2 rings (SSSR count). The molecule has 0 aliphatic carbocycles. The molecule has 1 heterocycles. The Hall–Kier alpha value is -1.88. The van der Waals surface area contributed by atoms with Crippen molar-refractivity contribution < 1.29 is 14.2 Å². The summed E-state index contributed by atoms with van der Waals surface area (Å²) in [6.07, 6.45) is 3.13. The average molecular weight is 264 g/mol. The predicted octanol–water partition coefficient (Wildman–Crippen LogP) is 2.52. The number of aryl methyl sites for hydroxylation is 1. The quantitative estimate of drug-likeness (QED) is 0.902. The zero-order chi connectivity index (χ0) is 13.8. The molecule has 4 nitrogen and oxygen atoms in total. The fourth-order valence-corrected chi connectivity index (χ4v) is 2.00. The Kier molecular flexibility index (Phi) is 4.16. The van der Waals surface area contributed by atoms with E-state index in [1.807, 2.05) is 6.92 Å². The zero-order valence-electron chi connectivity index (χ0n) is 11.0. The lowest BCUT2D eigenvalue weighted by Gasteiger charge is -2.14. The van der Waals surface area contributed by atoms with Crippen molar-refractivity contribution in [2.75, 3.05) is 7.11 Å². The van der Waals surface area contributed by atoms with Crippen molar-refractivity contribution in [3.63, 3.8) is 0 Å². The molecule has 102 valence electrons. The van der Waals surface area contributed by atoms with Crippen LogP contribution in [0.2, 0.25) is 0 Å². The first-order valence-electron chi connectivity index (χ1n) is 6.20. The van der Waals surface area contributed by atoms with Crippen molar-refractivity contribution >= 4 is 0 Å². The highest BCUT2D eigenvalue weighted by molar-refractivity contribution is 5.40. The standard InChI is InChI=1S/C14H17FN2O2/c1-3-7-17-9-10(8-16-17)14(18)13-11(15)5-4-6-12(13)19-2/h4-6,8-9,14,18H,3,7H2,1-2H3. The number of nitrogens with zero attached hydrogens (tertiary/aromatic N) is 2. The molecule has 1 N–H and O–H groups in total. The van der Waals surface area contributed by atoms with Crippen molar-refractivity contribution in [2.24, 2.45) is 0 Å². The molecule has 0 radical (unpaired) electrons. The van der Waals surface area contributed by atoms with Crippen LogP contribution in [0.25, 0.3) is 0 Å². The maximum Gasteiger partial charge on any atom is 0.133 e. The highest BCUT2D eigenvalue weighted by atomic mass is 19.1. The topological polar surface area (TPSA) is 47.3 Å². The minimum atomic E-state index is -1.08. The number of ether oxygens (including phenoxy) is 1. The van der Waals surface area contributed by atoms with Gasteiger partial charge in [0.25, 0.3) is 0 Å². The normalized spacial score (nSPS) is 12.4. The Balaban J connectivity index is 2.35. The van der Waals surface area contributed by atoms with Crippen LogP contribution in [-0.4, -0.2) is 22.0 Å². The van der Waals surface area contributed by atoms with Gasteiger partial charge in [-0.15, -0.1) is 0 Å². The van der Waals surface area contributed by atoms with E-state index < -0.39 is 11.9 Å². The van der Waals surface area contributed by atoms with Crippen LogP contribution >= 0.6 is 0 Å². The Morgan fingerprint density at radius 1 is 1.47 bits per heavy atom. The SMILES string of the molecule is CCCn1cc(C(O)c2c(F)cccc2OC)cn1. The van der Waals surface area contributed by atoms with Crippen molar-refractivity contribution in [3.8, 4) is 5.75 Å². The van der Waals surface area contributed by atoms with Gasteiger partial charge in [-0.2, -0.15) is 5.10 Å².